The molecule has 0 unspecified atom stereocenters. The zero-order valence-electron chi connectivity index (χ0n) is 6.48. The smallest absolute Gasteiger partial charge is 0.0291 e. The first-order chi connectivity index (χ1) is 4.17. The maximum Gasteiger partial charge on any atom is -0.0291 e. The molecule has 0 saturated heterocycles. The third-order valence-electron chi connectivity index (χ3n) is 2.35. The first-order valence-electron chi connectivity index (χ1n) is 3.78. The van der Waals surface area contributed by atoms with E-state index in [1.807, 2.05) is 6.08 Å². The van der Waals surface area contributed by atoms with E-state index in [1.54, 1.807) is 0 Å². The van der Waals surface area contributed by atoms with Crippen molar-refractivity contribution >= 4 is 0 Å². The molecule has 9 heavy (non-hydrogen) atoms. The number of allylic oxidation sites excluding steroid dienone is 1. The Kier molecular flexibility index (Phi) is 1.65. The second-order valence-electron chi connectivity index (χ2n) is 3.76. The number of hydrogen-bond donors (Lipinski definition) is 0. The molecule has 1 fully saturated rings. The summed E-state index contributed by atoms with van der Waals surface area (Å²) in [5.41, 5.74) is 0.543. The predicted octanol–water partition coefficient (Wildman–Crippen LogP) is 3.00. The first-order valence-corrected chi connectivity index (χ1v) is 3.78. The number of hydrogen-bond acceptors (Lipinski definition) is 0. The maximum atomic E-state index is 3.76. The minimum absolute atomic E-state index is 0.543. The van der Waals surface area contributed by atoms with E-state index in [-0.39, 0.29) is 0 Å². The van der Waals surface area contributed by atoms with Crippen LogP contribution in [-0.4, -0.2) is 0 Å². The molecule has 0 aliphatic heterocycles. The molecule has 0 spiro atoms. The molecular formula is C9H16. The highest BCUT2D eigenvalue weighted by Crippen LogP contribution is 2.47. The van der Waals surface area contributed by atoms with Crippen LogP contribution in [0.4, 0.5) is 0 Å². The van der Waals surface area contributed by atoms with Crippen LogP contribution in [0.15, 0.2) is 12.7 Å². The van der Waals surface area contributed by atoms with E-state index in [0.29, 0.717) is 5.41 Å². The molecule has 0 aromatic rings. The van der Waals surface area contributed by atoms with Crippen molar-refractivity contribution in [1.29, 1.82) is 0 Å². The lowest BCUT2D eigenvalue weighted by Gasteiger charge is -2.21. The standard InChI is InChI=1S/C9H16/c1-4-7-9(2,3)8-5-6-8/h4,8H,1,5-7H2,2-3H3. The van der Waals surface area contributed by atoms with Crippen molar-refractivity contribution in [1.82, 2.24) is 0 Å². The Labute approximate surface area is 58.0 Å². The fourth-order valence-electron chi connectivity index (χ4n) is 1.40. The average molecular weight is 124 g/mol. The second-order valence-corrected chi connectivity index (χ2v) is 3.76. The molecule has 0 N–H and O–H groups in total. The fraction of sp³-hybridized carbons (Fsp3) is 0.778. The Hall–Kier alpha value is -0.260. The van der Waals surface area contributed by atoms with Crippen molar-refractivity contribution < 1.29 is 0 Å². The molecule has 0 nitrogen and oxygen atoms in total. The molecule has 0 aromatic heterocycles. The van der Waals surface area contributed by atoms with Crippen LogP contribution in [-0.2, 0) is 0 Å². The Morgan fingerprint density at radius 1 is 1.56 bits per heavy atom. The van der Waals surface area contributed by atoms with Crippen molar-refractivity contribution in [2.24, 2.45) is 11.3 Å². The molecular weight excluding hydrogens is 108 g/mol. The van der Waals surface area contributed by atoms with E-state index in [2.05, 4.69) is 20.4 Å². The summed E-state index contributed by atoms with van der Waals surface area (Å²) in [6.45, 7) is 8.44. The average Bonchev–Trinajstić information content (AvgIpc) is 2.41. The molecule has 1 saturated carbocycles. The van der Waals surface area contributed by atoms with Gasteiger partial charge in [0.25, 0.3) is 0 Å². The lowest BCUT2D eigenvalue weighted by molar-refractivity contribution is 0.314. The first kappa shape index (κ1) is 6.85. The number of rotatable bonds is 3. The third kappa shape index (κ3) is 1.57. The van der Waals surface area contributed by atoms with E-state index >= 15 is 0 Å². The highest BCUT2D eigenvalue weighted by molar-refractivity contribution is 4.91. The summed E-state index contributed by atoms with van der Waals surface area (Å²) in [7, 11) is 0. The zero-order valence-corrected chi connectivity index (χ0v) is 6.48. The van der Waals surface area contributed by atoms with E-state index in [1.165, 1.54) is 19.3 Å². The molecule has 0 atom stereocenters. The van der Waals surface area contributed by atoms with Crippen molar-refractivity contribution in [2.75, 3.05) is 0 Å². The van der Waals surface area contributed by atoms with Gasteiger partial charge in [0, 0.05) is 0 Å². The SMILES string of the molecule is C=CCC(C)(C)C1CC1. The normalized spacial score (nSPS) is 19.8. The van der Waals surface area contributed by atoms with Crippen LogP contribution in [0.1, 0.15) is 33.1 Å². The molecule has 0 aromatic carbocycles. The van der Waals surface area contributed by atoms with Crippen LogP contribution in [0.5, 0.6) is 0 Å². The predicted molar refractivity (Wildman–Crippen MR) is 41.3 cm³/mol. The zero-order chi connectivity index (χ0) is 6.91. The molecule has 1 aliphatic rings. The van der Waals surface area contributed by atoms with Gasteiger partial charge >= 0.3 is 0 Å². The van der Waals surface area contributed by atoms with Gasteiger partial charge in [0.2, 0.25) is 0 Å². The molecule has 0 heterocycles. The van der Waals surface area contributed by atoms with Gasteiger partial charge in [-0.05, 0) is 30.6 Å². The van der Waals surface area contributed by atoms with E-state index in [0.717, 1.165) is 5.92 Å². The van der Waals surface area contributed by atoms with E-state index < -0.39 is 0 Å². The summed E-state index contributed by atoms with van der Waals surface area (Å²) in [6.07, 6.45) is 6.11. The van der Waals surface area contributed by atoms with Crippen molar-refractivity contribution in [3.05, 3.63) is 12.7 Å². The third-order valence-corrected chi connectivity index (χ3v) is 2.35. The Balaban J connectivity index is 2.38. The lowest BCUT2D eigenvalue weighted by Crippen LogP contribution is -2.11. The second kappa shape index (κ2) is 2.17. The largest absolute Gasteiger partial charge is 0.103 e. The topological polar surface area (TPSA) is 0 Å². The minimum atomic E-state index is 0.543. The lowest BCUT2D eigenvalue weighted by atomic mass is 9.84. The van der Waals surface area contributed by atoms with Crippen LogP contribution in [0.25, 0.3) is 0 Å². The highest BCUT2D eigenvalue weighted by atomic mass is 14.4. The monoisotopic (exact) mass is 124 g/mol. The van der Waals surface area contributed by atoms with Crippen LogP contribution >= 0.6 is 0 Å². The summed E-state index contributed by atoms with van der Waals surface area (Å²) in [5, 5.41) is 0. The summed E-state index contributed by atoms with van der Waals surface area (Å²) in [4.78, 5) is 0. The van der Waals surface area contributed by atoms with Gasteiger partial charge < -0.3 is 0 Å². The highest BCUT2D eigenvalue weighted by Gasteiger charge is 2.36. The molecule has 0 bridgehead atoms. The van der Waals surface area contributed by atoms with Gasteiger partial charge in [-0.1, -0.05) is 19.9 Å². The van der Waals surface area contributed by atoms with Crippen LogP contribution < -0.4 is 0 Å². The van der Waals surface area contributed by atoms with Gasteiger partial charge in [-0.2, -0.15) is 0 Å². The van der Waals surface area contributed by atoms with Crippen LogP contribution in [0, 0.1) is 11.3 Å². The maximum absolute atomic E-state index is 3.76. The van der Waals surface area contributed by atoms with E-state index in [9.17, 15) is 0 Å². The van der Waals surface area contributed by atoms with Gasteiger partial charge in [0.15, 0.2) is 0 Å². The van der Waals surface area contributed by atoms with Crippen molar-refractivity contribution in [2.45, 2.75) is 33.1 Å². The quantitative estimate of drug-likeness (QED) is 0.507. The summed E-state index contributed by atoms with van der Waals surface area (Å²) >= 11 is 0. The molecule has 52 valence electrons. The summed E-state index contributed by atoms with van der Waals surface area (Å²) in [6, 6.07) is 0. The summed E-state index contributed by atoms with van der Waals surface area (Å²) in [5.74, 6) is 0.996. The van der Waals surface area contributed by atoms with E-state index in [4.69, 9.17) is 0 Å². The van der Waals surface area contributed by atoms with Gasteiger partial charge in [-0.15, -0.1) is 6.58 Å². The molecule has 0 radical (unpaired) electrons. The van der Waals surface area contributed by atoms with Crippen LogP contribution in [0.3, 0.4) is 0 Å². The van der Waals surface area contributed by atoms with Crippen LogP contribution in [0.2, 0.25) is 0 Å². The Bertz CT molecular complexity index is 107. The van der Waals surface area contributed by atoms with Gasteiger partial charge in [-0.3, -0.25) is 0 Å². The Morgan fingerprint density at radius 2 is 2.11 bits per heavy atom. The van der Waals surface area contributed by atoms with Gasteiger partial charge in [0.05, 0.1) is 0 Å². The van der Waals surface area contributed by atoms with Crippen molar-refractivity contribution in [3.63, 3.8) is 0 Å². The van der Waals surface area contributed by atoms with Gasteiger partial charge in [0.1, 0.15) is 0 Å². The minimum Gasteiger partial charge on any atom is -0.103 e. The summed E-state index contributed by atoms with van der Waals surface area (Å²) < 4.78 is 0. The molecule has 1 rings (SSSR count). The Morgan fingerprint density at radius 3 is 2.44 bits per heavy atom. The molecule has 0 heteroatoms. The molecule has 1 aliphatic carbocycles. The van der Waals surface area contributed by atoms with Gasteiger partial charge in [-0.25, -0.2) is 0 Å². The van der Waals surface area contributed by atoms with Crippen molar-refractivity contribution in [3.8, 4) is 0 Å². The molecule has 0 amide bonds. The fourth-order valence-corrected chi connectivity index (χ4v) is 1.40.